The van der Waals surface area contributed by atoms with Gasteiger partial charge in [0.2, 0.25) is 5.91 Å². The summed E-state index contributed by atoms with van der Waals surface area (Å²) in [6.07, 6.45) is 0.463. The number of hydrogen-bond acceptors (Lipinski definition) is 4. The highest BCUT2D eigenvalue weighted by atomic mass is 16.5. The van der Waals surface area contributed by atoms with E-state index in [0.29, 0.717) is 12.8 Å². The lowest BCUT2D eigenvalue weighted by molar-refractivity contribution is -0.137. The smallest absolute Gasteiger partial charge is 0.407 e. The summed E-state index contributed by atoms with van der Waals surface area (Å²) in [6, 6.07) is 16.0. The topological polar surface area (TPSA) is 105 Å². The lowest BCUT2D eigenvalue weighted by Gasteiger charge is -2.20. The predicted molar refractivity (Wildman–Crippen MR) is 121 cm³/mol. The Labute approximate surface area is 188 Å². The van der Waals surface area contributed by atoms with Crippen LogP contribution in [0.2, 0.25) is 0 Å². The van der Waals surface area contributed by atoms with Gasteiger partial charge in [0, 0.05) is 24.9 Å². The third-order valence-electron chi connectivity index (χ3n) is 5.89. The Balaban J connectivity index is 1.48. The number of rotatable bonds is 10. The standard InChI is InChI=1S/C25H30N2O5/c1-3-17(12-13-23(28)29)27-24(30)16(2)14-26-25(31)32-15-22-20-10-6-4-8-18(20)19-9-5-7-11-21(19)22/h4-11,16-17,22H,3,12-15H2,1-2H3,(H,26,31)(H,27,30)(H,28,29). The molecule has 7 heteroatoms. The third-order valence-corrected chi connectivity index (χ3v) is 5.89. The van der Waals surface area contributed by atoms with E-state index in [1.165, 1.54) is 0 Å². The summed E-state index contributed by atoms with van der Waals surface area (Å²) in [7, 11) is 0. The van der Waals surface area contributed by atoms with Crippen LogP contribution in [0.15, 0.2) is 48.5 Å². The number of carbonyl (C=O) groups is 3. The van der Waals surface area contributed by atoms with E-state index in [2.05, 4.69) is 34.9 Å². The second kappa shape index (κ2) is 10.8. The molecule has 3 rings (SSSR count). The number of carbonyl (C=O) groups excluding carboxylic acids is 2. The molecule has 7 nitrogen and oxygen atoms in total. The van der Waals surface area contributed by atoms with Crippen molar-refractivity contribution in [2.24, 2.45) is 5.92 Å². The fourth-order valence-electron chi connectivity index (χ4n) is 4.00. The zero-order valence-electron chi connectivity index (χ0n) is 18.5. The Hall–Kier alpha value is -3.35. The van der Waals surface area contributed by atoms with Crippen molar-refractivity contribution in [1.29, 1.82) is 0 Å². The summed E-state index contributed by atoms with van der Waals surface area (Å²) in [5.74, 6) is -1.59. The van der Waals surface area contributed by atoms with E-state index in [-0.39, 0.29) is 37.4 Å². The van der Waals surface area contributed by atoms with Gasteiger partial charge in [-0.15, -0.1) is 0 Å². The van der Waals surface area contributed by atoms with Crippen LogP contribution < -0.4 is 10.6 Å². The summed E-state index contributed by atoms with van der Waals surface area (Å²) in [4.78, 5) is 35.4. The molecule has 2 aromatic carbocycles. The Morgan fingerprint density at radius 3 is 2.19 bits per heavy atom. The van der Waals surface area contributed by atoms with Crippen molar-refractivity contribution >= 4 is 18.0 Å². The van der Waals surface area contributed by atoms with Crippen molar-refractivity contribution in [1.82, 2.24) is 10.6 Å². The molecule has 0 fully saturated rings. The van der Waals surface area contributed by atoms with Gasteiger partial charge in [0.25, 0.3) is 0 Å². The SMILES string of the molecule is CCC(CCC(=O)O)NC(=O)C(C)CNC(=O)OCC1c2ccccc2-c2ccccc21. The molecule has 2 atom stereocenters. The summed E-state index contributed by atoms with van der Waals surface area (Å²) >= 11 is 0. The molecule has 3 N–H and O–H groups in total. The normalized spacial score (nSPS) is 14.1. The average Bonchev–Trinajstić information content (AvgIpc) is 3.12. The van der Waals surface area contributed by atoms with Gasteiger partial charge in [-0.1, -0.05) is 62.4 Å². The molecule has 0 aromatic heterocycles. The van der Waals surface area contributed by atoms with E-state index in [0.717, 1.165) is 22.3 Å². The van der Waals surface area contributed by atoms with Crippen molar-refractivity contribution in [3.63, 3.8) is 0 Å². The molecule has 0 saturated heterocycles. The lowest BCUT2D eigenvalue weighted by atomic mass is 9.98. The van der Waals surface area contributed by atoms with Gasteiger partial charge in [-0.2, -0.15) is 0 Å². The van der Waals surface area contributed by atoms with Crippen LogP contribution in [0.1, 0.15) is 50.2 Å². The van der Waals surface area contributed by atoms with E-state index < -0.39 is 18.0 Å². The molecule has 2 unspecified atom stereocenters. The molecule has 0 aliphatic heterocycles. The monoisotopic (exact) mass is 438 g/mol. The van der Waals surface area contributed by atoms with Gasteiger partial charge in [0.15, 0.2) is 0 Å². The molecule has 32 heavy (non-hydrogen) atoms. The van der Waals surface area contributed by atoms with E-state index >= 15 is 0 Å². The molecule has 170 valence electrons. The number of hydrogen-bond donors (Lipinski definition) is 3. The van der Waals surface area contributed by atoms with E-state index in [4.69, 9.17) is 9.84 Å². The molecule has 2 amide bonds. The number of nitrogens with one attached hydrogen (secondary N) is 2. The molecule has 0 spiro atoms. The molecular formula is C25H30N2O5. The number of aliphatic carboxylic acids is 1. The van der Waals surface area contributed by atoms with Crippen molar-refractivity contribution < 1.29 is 24.2 Å². The molecule has 0 bridgehead atoms. The van der Waals surface area contributed by atoms with E-state index in [9.17, 15) is 14.4 Å². The van der Waals surface area contributed by atoms with Crippen LogP contribution in [0.25, 0.3) is 11.1 Å². The zero-order chi connectivity index (χ0) is 23.1. The summed E-state index contributed by atoms with van der Waals surface area (Å²) < 4.78 is 5.49. The number of amides is 2. The van der Waals surface area contributed by atoms with Gasteiger partial charge in [-0.05, 0) is 35.1 Å². The third kappa shape index (κ3) is 5.66. The van der Waals surface area contributed by atoms with Gasteiger partial charge in [-0.25, -0.2) is 4.79 Å². The largest absolute Gasteiger partial charge is 0.481 e. The number of benzene rings is 2. The maximum Gasteiger partial charge on any atom is 0.407 e. The predicted octanol–water partition coefficient (Wildman–Crippen LogP) is 3.92. The molecule has 2 aromatic rings. The maximum absolute atomic E-state index is 12.4. The van der Waals surface area contributed by atoms with Crippen LogP contribution in [-0.2, 0) is 14.3 Å². The Bertz CT molecular complexity index is 929. The van der Waals surface area contributed by atoms with Gasteiger partial charge >= 0.3 is 12.1 Å². The van der Waals surface area contributed by atoms with Crippen molar-refractivity contribution in [2.45, 2.75) is 45.1 Å². The maximum atomic E-state index is 12.4. The minimum Gasteiger partial charge on any atom is -0.481 e. The van der Waals surface area contributed by atoms with Crippen LogP contribution >= 0.6 is 0 Å². The highest BCUT2D eigenvalue weighted by Crippen LogP contribution is 2.44. The molecule has 1 aliphatic carbocycles. The van der Waals surface area contributed by atoms with Crippen LogP contribution in [0.3, 0.4) is 0 Å². The Kier molecular flexibility index (Phi) is 7.87. The number of carboxylic acid groups (broad SMARTS) is 1. The van der Waals surface area contributed by atoms with Gasteiger partial charge in [0.05, 0.1) is 5.92 Å². The van der Waals surface area contributed by atoms with Gasteiger partial charge in [0.1, 0.15) is 6.61 Å². The summed E-state index contributed by atoms with van der Waals surface area (Å²) in [5.41, 5.74) is 4.61. The first-order valence-corrected chi connectivity index (χ1v) is 11.0. The number of alkyl carbamates (subject to hydrolysis) is 1. The van der Waals surface area contributed by atoms with Crippen molar-refractivity contribution in [3.05, 3.63) is 59.7 Å². The van der Waals surface area contributed by atoms with Gasteiger partial charge < -0.3 is 20.5 Å². The van der Waals surface area contributed by atoms with Crippen molar-refractivity contribution in [3.8, 4) is 11.1 Å². The van der Waals surface area contributed by atoms with Crippen LogP contribution in [0.5, 0.6) is 0 Å². The lowest BCUT2D eigenvalue weighted by Crippen LogP contribution is -2.42. The number of carboxylic acids is 1. The summed E-state index contributed by atoms with van der Waals surface area (Å²) in [6.45, 7) is 3.96. The Morgan fingerprint density at radius 1 is 1.03 bits per heavy atom. The highest BCUT2D eigenvalue weighted by Gasteiger charge is 2.29. The molecular weight excluding hydrogens is 408 g/mol. The van der Waals surface area contributed by atoms with Crippen molar-refractivity contribution in [2.75, 3.05) is 13.2 Å². The van der Waals surface area contributed by atoms with Crippen LogP contribution in [-0.4, -0.2) is 42.3 Å². The first kappa shape index (κ1) is 23.3. The fraction of sp³-hybridized carbons (Fsp3) is 0.400. The molecule has 0 radical (unpaired) electrons. The van der Waals surface area contributed by atoms with Crippen LogP contribution in [0.4, 0.5) is 4.79 Å². The average molecular weight is 439 g/mol. The summed E-state index contributed by atoms with van der Waals surface area (Å²) in [5, 5.41) is 14.3. The quantitative estimate of drug-likeness (QED) is 0.521. The van der Waals surface area contributed by atoms with Gasteiger partial charge in [-0.3, -0.25) is 9.59 Å². The number of fused-ring (bicyclic) bond motifs is 3. The van der Waals surface area contributed by atoms with Crippen LogP contribution in [0, 0.1) is 5.92 Å². The minimum atomic E-state index is -0.886. The Morgan fingerprint density at radius 2 is 1.62 bits per heavy atom. The number of ether oxygens (including phenoxy) is 1. The highest BCUT2D eigenvalue weighted by molar-refractivity contribution is 5.80. The first-order valence-electron chi connectivity index (χ1n) is 11.0. The van der Waals surface area contributed by atoms with E-state index in [1.807, 2.05) is 31.2 Å². The second-order valence-electron chi connectivity index (χ2n) is 8.15. The zero-order valence-corrected chi connectivity index (χ0v) is 18.5. The van der Waals surface area contributed by atoms with E-state index in [1.54, 1.807) is 6.92 Å². The molecule has 0 saturated carbocycles. The first-order chi connectivity index (χ1) is 15.4. The fourth-order valence-corrected chi connectivity index (χ4v) is 4.00. The molecule has 1 aliphatic rings. The molecule has 0 heterocycles. The minimum absolute atomic E-state index is 0.00513. The second-order valence-corrected chi connectivity index (χ2v) is 8.15.